The number of aryl methyl sites for hydroxylation is 1. The third-order valence-electron chi connectivity index (χ3n) is 1.64. The molecule has 64 valence electrons. The highest BCUT2D eigenvalue weighted by molar-refractivity contribution is 5.93. The lowest BCUT2D eigenvalue weighted by atomic mass is 10.1. The monoisotopic (exact) mass is 163 g/mol. The molecule has 3 heteroatoms. The van der Waals surface area contributed by atoms with Crippen molar-refractivity contribution in [1.82, 2.24) is 4.98 Å². The van der Waals surface area contributed by atoms with E-state index in [0.29, 0.717) is 5.69 Å². The highest BCUT2D eigenvalue weighted by Crippen LogP contribution is 2.03. The minimum absolute atomic E-state index is 0.0351. The molecule has 0 aliphatic carbocycles. The van der Waals surface area contributed by atoms with Crippen LogP contribution in [0.4, 0.5) is 0 Å². The summed E-state index contributed by atoms with van der Waals surface area (Å²) in [6.45, 7) is 2.12. The summed E-state index contributed by atoms with van der Waals surface area (Å²) < 4.78 is 0. The number of hydrogen-bond acceptors (Lipinski definition) is 2. The Morgan fingerprint density at radius 1 is 1.67 bits per heavy atom. The van der Waals surface area contributed by atoms with E-state index in [1.807, 2.05) is 12.1 Å². The van der Waals surface area contributed by atoms with Gasteiger partial charge in [0.05, 0.1) is 0 Å². The van der Waals surface area contributed by atoms with E-state index in [0.717, 1.165) is 12.8 Å². The molecule has 0 aliphatic rings. The molecule has 0 fully saturated rings. The molecular formula is C9H13N3. The number of rotatable bonds is 3. The topological polar surface area (TPSA) is 62.8 Å². The van der Waals surface area contributed by atoms with Crippen molar-refractivity contribution in [3.05, 3.63) is 29.6 Å². The summed E-state index contributed by atoms with van der Waals surface area (Å²) in [4.78, 5) is 3.97. The van der Waals surface area contributed by atoms with Crippen LogP contribution in [0, 0.1) is 5.41 Å². The van der Waals surface area contributed by atoms with Crippen molar-refractivity contribution in [3.63, 3.8) is 0 Å². The van der Waals surface area contributed by atoms with Crippen molar-refractivity contribution in [3.8, 4) is 0 Å². The number of nitrogen functional groups attached to an aromatic ring is 1. The average molecular weight is 163 g/mol. The zero-order valence-electron chi connectivity index (χ0n) is 7.17. The molecule has 0 spiro atoms. The van der Waals surface area contributed by atoms with Crippen LogP contribution < -0.4 is 5.73 Å². The molecule has 0 atom stereocenters. The van der Waals surface area contributed by atoms with Crippen LogP contribution in [0.2, 0.25) is 0 Å². The molecule has 0 saturated heterocycles. The van der Waals surface area contributed by atoms with Crippen molar-refractivity contribution >= 4 is 5.84 Å². The number of amidine groups is 1. The Bertz CT molecular complexity index is 281. The molecule has 0 bridgehead atoms. The molecule has 0 aromatic carbocycles. The minimum Gasteiger partial charge on any atom is -0.382 e. The van der Waals surface area contributed by atoms with Crippen LogP contribution in [0.1, 0.15) is 24.6 Å². The van der Waals surface area contributed by atoms with E-state index in [1.165, 1.54) is 5.56 Å². The second-order valence-corrected chi connectivity index (χ2v) is 2.71. The van der Waals surface area contributed by atoms with Gasteiger partial charge in [-0.1, -0.05) is 13.3 Å². The third kappa shape index (κ3) is 2.05. The van der Waals surface area contributed by atoms with Crippen LogP contribution in [0.25, 0.3) is 0 Å². The Morgan fingerprint density at radius 2 is 2.42 bits per heavy atom. The number of nitrogens with zero attached hydrogens (tertiary/aromatic N) is 1. The molecule has 12 heavy (non-hydrogen) atoms. The van der Waals surface area contributed by atoms with E-state index < -0.39 is 0 Å². The summed E-state index contributed by atoms with van der Waals surface area (Å²) in [6, 6.07) is 3.82. The lowest BCUT2D eigenvalue weighted by Gasteiger charge is -2.00. The summed E-state index contributed by atoms with van der Waals surface area (Å²) in [5.41, 5.74) is 7.06. The first-order chi connectivity index (χ1) is 5.74. The first-order valence-corrected chi connectivity index (χ1v) is 4.03. The lowest BCUT2D eigenvalue weighted by Crippen LogP contribution is -2.13. The quantitative estimate of drug-likeness (QED) is 0.521. The predicted octanol–water partition coefficient (Wildman–Crippen LogP) is 1.32. The Kier molecular flexibility index (Phi) is 2.80. The van der Waals surface area contributed by atoms with Gasteiger partial charge >= 0.3 is 0 Å². The lowest BCUT2D eigenvalue weighted by molar-refractivity contribution is 0.917. The van der Waals surface area contributed by atoms with Gasteiger partial charge in [-0.15, -0.1) is 0 Å². The van der Waals surface area contributed by atoms with Gasteiger partial charge in [0.1, 0.15) is 11.5 Å². The largest absolute Gasteiger partial charge is 0.382 e. The summed E-state index contributed by atoms with van der Waals surface area (Å²) in [6.07, 6.45) is 3.81. The predicted molar refractivity (Wildman–Crippen MR) is 49.2 cm³/mol. The molecular weight excluding hydrogens is 150 g/mol. The molecule has 3 nitrogen and oxygen atoms in total. The van der Waals surface area contributed by atoms with Crippen molar-refractivity contribution in [2.45, 2.75) is 19.8 Å². The highest BCUT2D eigenvalue weighted by Gasteiger charge is 1.98. The molecule has 1 rings (SSSR count). The van der Waals surface area contributed by atoms with Gasteiger partial charge in [0.2, 0.25) is 0 Å². The van der Waals surface area contributed by atoms with E-state index in [2.05, 4.69) is 11.9 Å². The zero-order chi connectivity index (χ0) is 8.97. The van der Waals surface area contributed by atoms with E-state index in [-0.39, 0.29) is 5.84 Å². The Labute approximate surface area is 72.1 Å². The number of nitrogens with two attached hydrogens (primary N) is 1. The maximum atomic E-state index is 7.18. The number of pyridine rings is 1. The van der Waals surface area contributed by atoms with Gasteiger partial charge in [-0.25, -0.2) is 0 Å². The molecule has 1 aromatic rings. The van der Waals surface area contributed by atoms with Crippen molar-refractivity contribution in [1.29, 1.82) is 5.41 Å². The summed E-state index contributed by atoms with van der Waals surface area (Å²) in [7, 11) is 0. The fourth-order valence-electron chi connectivity index (χ4n) is 1.07. The maximum Gasteiger partial charge on any atom is 0.141 e. The highest BCUT2D eigenvalue weighted by atomic mass is 14.8. The zero-order valence-corrected chi connectivity index (χ0v) is 7.17. The van der Waals surface area contributed by atoms with Crippen LogP contribution in [0.3, 0.4) is 0 Å². The third-order valence-corrected chi connectivity index (χ3v) is 1.64. The minimum atomic E-state index is 0.0351. The van der Waals surface area contributed by atoms with Crippen molar-refractivity contribution in [2.75, 3.05) is 0 Å². The Morgan fingerprint density at radius 3 is 3.00 bits per heavy atom. The van der Waals surface area contributed by atoms with Crippen molar-refractivity contribution < 1.29 is 0 Å². The molecule has 3 N–H and O–H groups in total. The molecule has 0 saturated carbocycles. The van der Waals surface area contributed by atoms with Gasteiger partial charge in [-0.3, -0.25) is 10.4 Å². The molecule has 0 aliphatic heterocycles. The summed E-state index contributed by atoms with van der Waals surface area (Å²) in [5.74, 6) is 0.0351. The second kappa shape index (κ2) is 3.85. The number of aromatic nitrogens is 1. The SMILES string of the molecule is CCCc1ccnc(C(=N)N)c1. The molecule has 0 radical (unpaired) electrons. The van der Waals surface area contributed by atoms with Gasteiger partial charge in [-0.2, -0.15) is 0 Å². The first-order valence-electron chi connectivity index (χ1n) is 4.03. The Hall–Kier alpha value is -1.38. The van der Waals surface area contributed by atoms with Gasteiger partial charge in [0.15, 0.2) is 0 Å². The molecule has 0 amide bonds. The number of hydrogen-bond donors (Lipinski definition) is 2. The second-order valence-electron chi connectivity index (χ2n) is 2.71. The maximum absolute atomic E-state index is 7.18. The molecule has 1 aromatic heterocycles. The van der Waals surface area contributed by atoms with E-state index in [1.54, 1.807) is 6.20 Å². The van der Waals surface area contributed by atoms with Gasteiger partial charge in [0.25, 0.3) is 0 Å². The average Bonchev–Trinajstić information content (AvgIpc) is 2.05. The summed E-state index contributed by atoms with van der Waals surface area (Å²) >= 11 is 0. The Balaban J connectivity index is 2.88. The standard InChI is InChI=1S/C9H13N3/c1-2-3-7-4-5-12-8(6-7)9(10)11/h4-6H,2-3H2,1H3,(H3,10,11). The van der Waals surface area contributed by atoms with Crippen LogP contribution in [-0.2, 0) is 6.42 Å². The first kappa shape index (κ1) is 8.71. The van der Waals surface area contributed by atoms with Crippen molar-refractivity contribution in [2.24, 2.45) is 5.73 Å². The van der Waals surface area contributed by atoms with Crippen LogP contribution >= 0.6 is 0 Å². The molecule has 0 unspecified atom stereocenters. The van der Waals surface area contributed by atoms with Gasteiger partial charge in [0, 0.05) is 6.20 Å². The van der Waals surface area contributed by atoms with E-state index in [4.69, 9.17) is 11.1 Å². The smallest absolute Gasteiger partial charge is 0.141 e. The van der Waals surface area contributed by atoms with Gasteiger partial charge < -0.3 is 5.73 Å². The number of nitrogens with one attached hydrogen (secondary N) is 1. The van der Waals surface area contributed by atoms with E-state index in [9.17, 15) is 0 Å². The van der Waals surface area contributed by atoms with Crippen LogP contribution in [0.15, 0.2) is 18.3 Å². The van der Waals surface area contributed by atoms with Gasteiger partial charge in [-0.05, 0) is 24.1 Å². The van der Waals surface area contributed by atoms with E-state index >= 15 is 0 Å². The normalized spacial score (nSPS) is 9.75. The van der Waals surface area contributed by atoms with Crippen LogP contribution in [-0.4, -0.2) is 10.8 Å². The fourth-order valence-corrected chi connectivity index (χ4v) is 1.07. The fraction of sp³-hybridized carbons (Fsp3) is 0.333. The molecule has 1 heterocycles. The van der Waals surface area contributed by atoms with Crippen LogP contribution in [0.5, 0.6) is 0 Å². The summed E-state index contributed by atoms with van der Waals surface area (Å²) in [5, 5.41) is 7.18.